The Morgan fingerprint density at radius 1 is 0.912 bits per heavy atom. The molecule has 34 heavy (non-hydrogen) atoms. The third-order valence-electron chi connectivity index (χ3n) is 4.83. The zero-order valence-electron chi connectivity index (χ0n) is 23.6. The quantitative estimate of drug-likeness (QED) is 0.294. The van der Waals surface area contributed by atoms with Crippen molar-refractivity contribution in [1.29, 1.82) is 0 Å². The van der Waals surface area contributed by atoms with E-state index >= 15 is 0 Å². The second kappa shape index (κ2) is 36.4. The number of hydrogen-bond donors (Lipinski definition) is 3. The molecule has 1 fully saturated rings. The van der Waals surface area contributed by atoms with Crippen molar-refractivity contribution in [1.82, 2.24) is 4.90 Å². The lowest BCUT2D eigenvalue weighted by Crippen LogP contribution is -2.21. The van der Waals surface area contributed by atoms with Gasteiger partial charge in [0.1, 0.15) is 0 Å². The summed E-state index contributed by atoms with van der Waals surface area (Å²) in [5.41, 5.74) is 0. The van der Waals surface area contributed by atoms with E-state index < -0.39 is 5.97 Å². The monoisotopic (exact) mass is 497 g/mol. The van der Waals surface area contributed by atoms with Crippen molar-refractivity contribution in [2.45, 2.75) is 119 Å². The largest absolute Gasteiger partial charge is 0.481 e. The van der Waals surface area contributed by atoms with Gasteiger partial charge in [0, 0.05) is 26.6 Å². The molecule has 0 saturated heterocycles. The van der Waals surface area contributed by atoms with Gasteiger partial charge in [0.25, 0.3) is 0 Å². The molecule has 1 aliphatic carbocycles. The number of nitrogens with zero attached hydrogens (tertiary/aromatic N) is 1. The molecule has 0 spiro atoms. The first-order chi connectivity index (χ1) is 15.6. The van der Waals surface area contributed by atoms with E-state index in [0.717, 1.165) is 26.4 Å². The number of ether oxygens (including phenoxy) is 1. The highest BCUT2D eigenvalue weighted by atomic mass is 16.5. The maximum atomic E-state index is 10.3. The molecule has 0 aromatic carbocycles. The van der Waals surface area contributed by atoms with Gasteiger partial charge in [-0.05, 0) is 58.7 Å². The van der Waals surface area contributed by atoms with Crippen LogP contribution in [0.15, 0.2) is 0 Å². The number of unbranched alkanes of at least 4 members (excludes halogenated alkanes) is 3. The molecule has 0 amide bonds. The van der Waals surface area contributed by atoms with Crippen molar-refractivity contribution in [3.63, 3.8) is 0 Å². The highest BCUT2D eigenvalue weighted by molar-refractivity contribution is 5.67. The van der Waals surface area contributed by atoms with Gasteiger partial charge in [-0.15, -0.1) is 0 Å². The van der Waals surface area contributed by atoms with Gasteiger partial charge in [-0.3, -0.25) is 9.59 Å². The Bertz CT molecular complexity index is 375. The van der Waals surface area contributed by atoms with Crippen LogP contribution in [-0.4, -0.2) is 77.1 Å². The lowest BCUT2D eigenvalue weighted by atomic mass is 9.87. The van der Waals surface area contributed by atoms with E-state index in [1.165, 1.54) is 65.1 Å². The Balaban J connectivity index is -0.000000111. The Kier molecular flexibility index (Phi) is 45.9. The number of carboxylic acids is 1. The predicted octanol–water partition coefficient (Wildman–Crippen LogP) is 4.69. The van der Waals surface area contributed by atoms with E-state index in [-0.39, 0.29) is 17.5 Å². The van der Waals surface area contributed by atoms with E-state index in [4.69, 9.17) is 20.1 Å². The summed E-state index contributed by atoms with van der Waals surface area (Å²) in [5, 5.41) is 23.5. The third kappa shape index (κ3) is 48.3. The summed E-state index contributed by atoms with van der Waals surface area (Å²) in [6, 6.07) is 0. The highest BCUT2D eigenvalue weighted by Gasteiger charge is 2.15. The molecule has 0 aromatic heterocycles. The first-order valence-electron chi connectivity index (χ1n) is 12.8. The maximum absolute atomic E-state index is 10.3. The summed E-state index contributed by atoms with van der Waals surface area (Å²) in [5.74, 6) is -0.324. The first kappa shape index (κ1) is 42.9. The topological polar surface area (TPSA) is 139 Å². The van der Waals surface area contributed by atoms with Crippen LogP contribution in [-0.2, 0) is 14.3 Å². The number of esters is 1. The average Bonchev–Trinajstić information content (AvgIpc) is 2.77. The van der Waals surface area contributed by atoms with Crippen molar-refractivity contribution in [3.05, 3.63) is 0 Å². The lowest BCUT2D eigenvalue weighted by molar-refractivity contribution is -0.141. The van der Waals surface area contributed by atoms with Gasteiger partial charge in [0.15, 0.2) is 0 Å². The molecule has 0 unspecified atom stereocenters. The van der Waals surface area contributed by atoms with Crippen LogP contribution < -0.4 is 0 Å². The first-order valence-corrected chi connectivity index (χ1v) is 12.8. The van der Waals surface area contributed by atoms with E-state index in [1.807, 2.05) is 0 Å². The molecule has 0 aromatic rings. The zero-order chi connectivity index (χ0) is 26.5. The summed E-state index contributed by atoms with van der Waals surface area (Å²) in [6.45, 7) is 17.8. The normalized spacial score (nSPS) is 12.2. The van der Waals surface area contributed by atoms with Crippen LogP contribution in [0.1, 0.15) is 113 Å². The summed E-state index contributed by atoms with van der Waals surface area (Å²) >= 11 is 0. The fourth-order valence-electron chi connectivity index (χ4n) is 3.05. The van der Waals surface area contributed by atoms with Crippen molar-refractivity contribution in [2.24, 2.45) is 5.92 Å². The molecule has 1 saturated carbocycles. The van der Waals surface area contributed by atoms with Gasteiger partial charge < -0.3 is 30.4 Å². The van der Waals surface area contributed by atoms with Crippen molar-refractivity contribution >= 4 is 11.9 Å². The summed E-state index contributed by atoms with van der Waals surface area (Å²) in [6.07, 6.45) is 10.9. The molecule has 210 valence electrons. The van der Waals surface area contributed by atoms with Crippen LogP contribution in [0.25, 0.3) is 0 Å². The molecule has 0 heterocycles. The standard InChI is InChI=1S/C8H14O2.C8H16O2.C6H15N.C3H8O.CH4O.H2O/c9-8(10)6-7-4-2-1-3-5-7;1-3-4-5-6-7-10-8(2)9;1-4-7(5-2)6-3;1-3(2)4;1-2;/h7H,1-6H2,(H,9,10);3-7H2,1-2H3;4-6H2,1-3H3;3-4H,1-2H3;2H,1H3;1H2. The van der Waals surface area contributed by atoms with E-state index in [1.54, 1.807) is 13.8 Å². The number of aliphatic hydroxyl groups is 2. The zero-order valence-corrected chi connectivity index (χ0v) is 23.6. The van der Waals surface area contributed by atoms with Gasteiger partial charge in [0.05, 0.1) is 6.61 Å². The van der Waals surface area contributed by atoms with Crippen LogP contribution in [0.4, 0.5) is 0 Å². The van der Waals surface area contributed by atoms with Crippen molar-refractivity contribution < 1.29 is 35.1 Å². The third-order valence-corrected chi connectivity index (χ3v) is 4.83. The van der Waals surface area contributed by atoms with Crippen molar-refractivity contribution in [2.75, 3.05) is 33.4 Å². The number of rotatable bonds is 10. The van der Waals surface area contributed by atoms with Gasteiger partial charge >= 0.3 is 11.9 Å². The number of carbonyl (C=O) groups excluding carboxylic acids is 1. The molecular formula is C26H59NO7. The van der Waals surface area contributed by atoms with Gasteiger partial charge in [-0.25, -0.2) is 0 Å². The Morgan fingerprint density at radius 3 is 1.65 bits per heavy atom. The fourth-order valence-corrected chi connectivity index (χ4v) is 3.05. The summed E-state index contributed by atoms with van der Waals surface area (Å²) in [4.78, 5) is 22.9. The predicted molar refractivity (Wildman–Crippen MR) is 142 cm³/mol. The van der Waals surface area contributed by atoms with Gasteiger partial charge in [-0.1, -0.05) is 66.2 Å². The fraction of sp³-hybridized carbons (Fsp3) is 0.923. The molecule has 8 nitrogen and oxygen atoms in total. The Morgan fingerprint density at radius 2 is 1.35 bits per heavy atom. The number of hydrogen-bond acceptors (Lipinski definition) is 6. The van der Waals surface area contributed by atoms with Crippen LogP contribution in [0.2, 0.25) is 0 Å². The second-order valence-corrected chi connectivity index (χ2v) is 8.22. The molecular weight excluding hydrogens is 438 g/mol. The number of aliphatic hydroxyl groups excluding tert-OH is 2. The van der Waals surface area contributed by atoms with Crippen molar-refractivity contribution in [3.8, 4) is 0 Å². The number of carboxylic acid groups (broad SMARTS) is 1. The molecule has 0 atom stereocenters. The van der Waals surface area contributed by atoms with Crippen LogP contribution >= 0.6 is 0 Å². The van der Waals surface area contributed by atoms with Crippen LogP contribution in [0, 0.1) is 5.92 Å². The Hall–Kier alpha value is -1.22. The van der Waals surface area contributed by atoms with E-state index in [9.17, 15) is 9.59 Å². The molecule has 5 N–H and O–H groups in total. The summed E-state index contributed by atoms with van der Waals surface area (Å²) < 4.78 is 4.75. The molecule has 8 heteroatoms. The summed E-state index contributed by atoms with van der Waals surface area (Å²) in [7, 11) is 1.00. The second-order valence-electron chi connectivity index (χ2n) is 8.22. The van der Waals surface area contributed by atoms with E-state index in [2.05, 4.69) is 32.6 Å². The van der Waals surface area contributed by atoms with Gasteiger partial charge in [0.2, 0.25) is 0 Å². The average molecular weight is 498 g/mol. The molecule has 1 aliphatic rings. The molecule has 0 aliphatic heterocycles. The minimum Gasteiger partial charge on any atom is -0.481 e. The van der Waals surface area contributed by atoms with Crippen LogP contribution in [0.3, 0.4) is 0 Å². The highest BCUT2D eigenvalue weighted by Crippen LogP contribution is 2.25. The number of carbonyl (C=O) groups is 2. The SMILES string of the molecule is CC(C)O.CCCCCCOC(C)=O.CCN(CC)CC.CO.O.O=C(O)CC1CCCCC1. The van der Waals surface area contributed by atoms with Crippen LogP contribution in [0.5, 0.6) is 0 Å². The maximum Gasteiger partial charge on any atom is 0.303 e. The molecule has 1 rings (SSSR count). The smallest absolute Gasteiger partial charge is 0.303 e. The molecule has 0 radical (unpaired) electrons. The van der Waals surface area contributed by atoms with E-state index in [0.29, 0.717) is 18.9 Å². The Labute approximate surface area is 210 Å². The van der Waals surface area contributed by atoms with Gasteiger partial charge in [-0.2, -0.15) is 0 Å². The minimum atomic E-state index is -0.632. The lowest BCUT2D eigenvalue weighted by Gasteiger charge is -2.18. The molecule has 0 bridgehead atoms. The number of aliphatic carboxylic acids is 1. The minimum absolute atomic E-state index is 0.